The van der Waals surface area contributed by atoms with E-state index in [1.807, 2.05) is 42.5 Å². The average Bonchev–Trinajstić information content (AvgIpc) is 3.38. The number of pyridine rings is 1. The molecule has 2 aromatic heterocycles. The van der Waals surface area contributed by atoms with Gasteiger partial charge in [-0.1, -0.05) is 65.8 Å². The fraction of sp³-hybridized carbons (Fsp3) is 0.167. The van der Waals surface area contributed by atoms with Gasteiger partial charge in [0.2, 0.25) is 5.82 Å². The molecule has 0 saturated heterocycles. The summed E-state index contributed by atoms with van der Waals surface area (Å²) in [6.07, 6.45) is -3.80. The van der Waals surface area contributed by atoms with Crippen molar-refractivity contribution in [2.75, 3.05) is 7.11 Å². The Morgan fingerprint density at radius 1 is 0.971 bits per heavy atom. The fourth-order valence-corrected chi connectivity index (χ4v) is 3.09. The van der Waals surface area contributed by atoms with Gasteiger partial charge in [0.15, 0.2) is 0 Å². The molecule has 1 amide bonds. The maximum atomic E-state index is 12.6. The van der Waals surface area contributed by atoms with E-state index < -0.39 is 18.2 Å². The molecule has 35 heavy (non-hydrogen) atoms. The van der Waals surface area contributed by atoms with Crippen molar-refractivity contribution in [3.8, 4) is 22.6 Å². The summed E-state index contributed by atoms with van der Waals surface area (Å²) >= 11 is 0. The van der Waals surface area contributed by atoms with Crippen LogP contribution in [0, 0.1) is 0 Å². The van der Waals surface area contributed by atoms with E-state index in [1.165, 1.54) is 19.2 Å². The minimum absolute atomic E-state index is 0.000925. The van der Waals surface area contributed by atoms with Gasteiger partial charge in [0.1, 0.15) is 6.61 Å². The zero-order chi connectivity index (χ0) is 24.8. The van der Waals surface area contributed by atoms with Gasteiger partial charge in [-0.2, -0.15) is 23.2 Å². The Kier molecular flexibility index (Phi) is 7.06. The minimum atomic E-state index is -4.72. The quantitative estimate of drug-likeness (QED) is 0.319. The van der Waals surface area contributed by atoms with E-state index in [0.29, 0.717) is 16.7 Å². The summed E-state index contributed by atoms with van der Waals surface area (Å²) in [5, 5.41) is 4.35. The van der Waals surface area contributed by atoms with E-state index >= 15 is 0 Å². The molecular formula is C24H19F3N4O4. The van der Waals surface area contributed by atoms with Crippen LogP contribution < -0.4 is 0 Å². The molecule has 2 aromatic carbocycles. The topological polar surface area (TPSA) is 90.6 Å². The number of ether oxygens (including phenoxy) is 1. The van der Waals surface area contributed by atoms with Gasteiger partial charge in [-0.3, -0.25) is 9.82 Å². The summed E-state index contributed by atoms with van der Waals surface area (Å²) in [6, 6.07) is 19.6. The molecule has 0 fully saturated rings. The molecule has 8 nitrogen and oxygen atoms in total. The highest BCUT2D eigenvalue weighted by Crippen LogP contribution is 2.29. The molecule has 4 aromatic rings. The van der Waals surface area contributed by atoms with Crippen molar-refractivity contribution in [1.29, 1.82) is 0 Å². The van der Waals surface area contributed by atoms with Crippen LogP contribution in [0.1, 0.15) is 17.0 Å². The predicted molar refractivity (Wildman–Crippen MR) is 117 cm³/mol. The summed E-state index contributed by atoms with van der Waals surface area (Å²) in [6.45, 7) is 0.0416. The Balaban J connectivity index is 1.33. The van der Waals surface area contributed by atoms with Gasteiger partial charge < -0.3 is 9.26 Å². The van der Waals surface area contributed by atoms with E-state index in [9.17, 15) is 18.0 Å². The van der Waals surface area contributed by atoms with Gasteiger partial charge in [0, 0.05) is 22.9 Å². The number of carbonyl (C=O) groups excluding carboxylic acids is 1. The van der Waals surface area contributed by atoms with Crippen molar-refractivity contribution in [3.63, 3.8) is 0 Å². The monoisotopic (exact) mass is 484 g/mol. The first-order valence-corrected chi connectivity index (χ1v) is 10.3. The fourth-order valence-electron chi connectivity index (χ4n) is 3.09. The molecule has 0 spiro atoms. The molecule has 0 aliphatic heterocycles. The van der Waals surface area contributed by atoms with Crippen LogP contribution in [0.4, 0.5) is 18.0 Å². The molecule has 11 heteroatoms. The summed E-state index contributed by atoms with van der Waals surface area (Å²) < 4.78 is 47.5. The van der Waals surface area contributed by atoms with Crippen LogP contribution in [0.25, 0.3) is 22.6 Å². The van der Waals surface area contributed by atoms with Gasteiger partial charge in [-0.25, -0.2) is 4.79 Å². The summed E-state index contributed by atoms with van der Waals surface area (Å²) in [5.41, 5.74) is 3.45. The van der Waals surface area contributed by atoms with Gasteiger partial charge in [-0.05, 0) is 11.6 Å². The zero-order valence-corrected chi connectivity index (χ0v) is 18.4. The summed E-state index contributed by atoms with van der Waals surface area (Å²) in [4.78, 5) is 25.3. The van der Waals surface area contributed by atoms with Crippen LogP contribution in [-0.4, -0.2) is 33.4 Å². The molecular weight excluding hydrogens is 465 g/mol. The van der Waals surface area contributed by atoms with Crippen LogP contribution in [-0.2, 0) is 28.9 Å². The van der Waals surface area contributed by atoms with E-state index in [0.717, 1.165) is 16.3 Å². The minimum Gasteiger partial charge on any atom is -0.443 e. The average molecular weight is 484 g/mol. The van der Waals surface area contributed by atoms with Crippen LogP contribution in [0.2, 0.25) is 0 Å². The van der Waals surface area contributed by atoms with Crippen LogP contribution in [0.3, 0.4) is 0 Å². The molecule has 4 rings (SSSR count). The molecule has 0 saturated carbocycles. The molecule has 180 valence electrons. The number of amides is 1. The molecule has 0 aliphatic carbocycles. The van der Waals surface area contributed by atoms with Crippen molar-refractivity contribution in [2.45, 2.75) is 19.3 Å². The smallest absolute Gasteiger partial charge is 0.443 e. The second-order valence-electron chi connectivity index (χ2n) is 7.31. The summed E-state index contributed by atoms with van der Waals surface area (Å²) in [5.74, 6) is -1.62. The lowest BCUT2D eigenvalue weighted by Gasteiger charge is -2.19. The SMILES string of the molecule is CON(Cc1ccc(-c2noc(C(F)(F)F)n2)cc1)C(=O)OCc1ccc(-c2ccccc2)nc1. The first-order chi connectivity index (χ1) is 16.8. The Morgan fingerprint density at radius 2 is 1.69 bits per heavy atom. The number of hydroxylamine groups is 2. The third kappa shape index (κ3) is 6.01. The Bertz CT molecular complexity index is 1260. The molecule has 0 aliphatic rings. The summed E-state index contributed by atoms with van der Waals surface area (Å²) in [7, 11) is 1.32. The van der Waals surface area contributed by atoms with E-state index in [2.05, 4.69) is 19.6 Å². The third-order valence-corrected chi connectivity index (χ3v) is 4.89. The van der Waals surface area contributed by atoms with Gasteiger partial charge in [0.05, 0.1) is 19.3 Å². The van der Waals surface area contributed by atoms with Crippen molar-refractivity contribution in [2.24, 2.45) is 0 Å². The number of alkyl halides is 3. The lowest BCUT2D eigenvalue weighted by Crippen LogP contribution is -2.30. The van der Waals surface area contributed by atoms with E-state index in [1.54, 1.807) is 18.3 Å². The highest BCUT2D eigenvalue weighted by Gasteiger charge is 2.38. The van der Waals surface area contributed by atoms with E-state index in [4.69, 9.17) is 9.57 Å². The highest BCUT2D eigenvalue weighted by molar-refractivity contribution is 5.66. The number of hydrogen-bond acceptors (Lipinski definition) is 7. The normalized spacial score (nSPS) is 11.3. The third-order valence-electron chi connectivity index (χ3n) is 4.89. The highest BCUT2D eigenvalue weighted by atomic mass is 19.4. The number of carbonyl (C=O) groups is 1. The first-order valence-electron chi connectivity index (χ1n) is 10.3. The molecule has 0 bridgehead atoms. The largest absolute Gasteiger partial charge is 0.471 e. The van der Waals surface area contributed by atoms with Crippen LogP contribution in [0.15, 0.2) is 77.4 Å². The van der Waals surface area contributed by atoms with Gasteiger partial charge in [0.25, 0.3) is 0 Å². The Morgan fingerprint density at radius 3 is 2.29 bits per heavy atom. The van der Waals surface area contributed by atoms with Gasteiger partial charge >= 0.3 is 18.2 Å². The predicted octanol–water partition coefficient (Wildman–Crippen LogP) is 5.52. The lowest BCUT2D eigenvalue weighted by atomic mass is 10.1. The maximum Gasteiger partial charge on any atom is 0.471 e. The van der Waals surface area contributed by atoms with Crippen molar-refractivity contribution in [1.82, 2.24) is 20.2 Å². The lowest BCUT2D eigenvalue weighted by molar-refractivity contribution is -0.159. The molecule has 0 N–H and O–H groups in total. The van der Waals surface area contributed by atoms with E-state index in [-0.39, 0.29) is 19.0 Å². The maximum absolute atomic E-state index is 12.6. The Labute approximate surface area is 197 Å². The number of rotatable bonds is 7. The van der Waals surface area contributed by atoms with Crippen LogP contribution >= 0.6 is 0 Å². The number of halogens is 3. The molecule has 2 heterocycles. The van der Waals surface area contributed by atoms with Crippen molar-refractivity contribution < 1.29 is 32.1 Å². The zero-order valence-electron chi connectivity index (χ0n) is 18.4. The molecule has 0 radical (unpaired) electrons. The second-order valence-corrected chi connectivity index (χ2v) is 7.31. The number of nitrogens with zero attached hydrogens (tertiary/aromatic N) is 4. The number of hydrogen-bond donors (Lipinski definition) is 0. The second kappa shape index (κ2) is 10.3. The first kappa shape index (κ1) is 23.9. The molecule has 0 atom stereocenters. The number of aromatic nitrogens is 3. The van der Waals surface area contributed by atoms with Crippen LogP contribution in [0.5, 0.6) is 0 Å². The van der Waals surface area contributed by atoms with Crippen molar-refractivity contribution in [3.05, 3.63) is 89.9 Å². The number of benzene rings is 2. The Hall–Kier alpha value is -4.25. The standard InChI is InChI=1S/C24H19F3N4O4/c1-33-31(14-16-7-10-19(11-8-16)21-29-22(35-30-21)24(25,26)27)23(32)34-15-17-9-12-20(28-13-17)18-5-3-2-4-6-18/h2-13H,14-15H2,1H3. The van der Waals surface area contributed by atoms with Gasteiger partial charge in [-0.15, -0.1) is 0 Å². The van der Waals surface area contributed by atoms with Crippen molar-refractivity contribution >= 4 is 6.09 Å². The molecule has 0 unspecified atom stereocenters.